The number of nitrogens with zero attached hydrogens (tertiary/aromatic N) is 5. The highest BCUT2D eigenvalue weighted by Crippen LogP contribution is 2.27. The quantitative estimate of drug-likeness (QED) is 0.793. The van der Waals surface area contributed by atoms with Gasteiger partial charge in [0.05, 0.1) is 0 Å². The summed E-state index contributed by atoms with van der Waals surface area (Å²) in [5.41, 5.74) is 0.408. The molecule has 1 aliphatic heterocycles. The third-order valence-corrected chi connectivity index (χ3v) is 4.93. The molecular weight excluding hydrogens is 330 g/mol. The predicted octanol–water partition coefficient (Wildman–Crippen LogP) is 2.58. The van der Waals surface area contributed by atoms with E-state index >= 15 is 0 Å². The maximum absolute atomic E-state index is 12.8. The van der Waals surface area contributed by atoms with Crippen molar-refractivity contribution < 1.29 is 9.32 Å². The van der Waals surface area contributed by atoms with Crippen molar-refractivity contribution in [3.8, 4) is 0 Å². The second-order valence-corrected chi connectivity index (χ2v) is 7.64. The third-order valence-electron chi connectivity index (χ3n) is 4.93. The molecule has 1 fully saturated rings. The highest BCUT2D eigenvalue weighted by Gasteiger charge is 2.29. The lowest BCUT2D eigenvalue weighted by molar-refractivity contribution is 0.0692. The molecule has 3 rings (SSSR count). The number of hydrogen-bond acceptors (Lipinski definition) is 5. The summed E-state index contributed by atoms with van der Waals surface area (Å²) in [6.07, 6.45) is 5.93. The van der Waals surface area contributed by atoms with Gasteiger partial charge in [-0.05, 0) is 26.9 Å². The lowest BCUT2D eigenvalue weighted by Gasteiger charge is -2.32. The highest BCUT2D eigenvalue weighted by atomic mass is 16.5. The summed E-state index contributed by atoms with van der Waals surface area (Å²) in [6.45, 7) is 7.38. The summed E-state index contributed by atoms with van der Waals surface area (Å²) in [4.78, 5) is 21.5. The zero-order valence-electron chi connectivity index (χ0n) is 16.2. The van der Waals surface area contributed by atoms with E-state index in [1.807, 2.05) is 31.1 Å². The zero-order valence-corrected chi connectivity index (χ0v) is 16.2. The molecule has 2 aromatic rings. The van der Waals surface area contributed by atoms with Crippen LogP contribution < -0.4 is 0 Å². The molecule has 1 saturated heterocycles. The van der Waals surface area contributed by atoms with Crippen LogP contribution in [0.15, 0.2) is 23.0 Å². The van der Waals surface area contributed by atoms with Crippen molar-refractivity contribution in [2.45, 2.75) is 45.1 Å². The Kier molecular flexibility index (Phi) is 5.76. The Labute approximate surface area is 155 Å². The lowest BCUT2D eigenvalue weighted by atomic mass is 9.96. The van der Waals surface area contributed by atoms with E-state index in [2.05, 4.69) is 33.7 Å². The van der Waals surface area contributed by atoms with E-state index in [1.54, 1.807) is 6.07 Å². The predicted molar refractivity (Wildman–Crippen MR) is 99.3 cm³/mol. The molecule has 0 saturated carbocycles. The smallest absolute Gasteiger partial charge is 0.276 e. The van der Waals surface area contributed by atoms with E-state index in [9.17, 15) is 4.79 Å². The molecule has 3 heterocycles. The Morgan fingerprint density at radius 1 is 1.42 bits per heavy atom. The van der Waals surface area contributed by atoms with Crippen LogP contribution in [0, 0.1) is 0 Å². The van der Waals surface area contributed by atoms with E-state index in [4.69, 9.17) is 4.52 Å². The normalized spacial score (nSPS) is 18.1. The van der Waals surface area contributed by atoms with Crippen molar-refractivity contribution >= 4 is 5.91 Å². The molecule has 0 radical (unpaired) electrons. The Bertz CT molecular complexity index is 734. The van der Waals surface area contributed by atoms with Gasteiger partial charge in [0.1, 0.15) is 11.6 Å². The van der Waals surface area contributed by atoms with E-state index in [1.165, 1.54) is 0 Å². The van der Waals surface area contributed by atoms with E-state index < -0.39 is 0 Å². The highest BCUT2D eigenvalue weighted by molar-refractivity contribution is 5.92. The third kappa shape index (κ3) is 4.15. The number of carbonyl (C=O) groups excluding carboxylic acids is 1. The molecule has 1 atom stereocenters. The monoisotopic (exact) mass is 359 g/mol. The second kappa shape index (κ2) is 8.03. The number of carbonyl (C=O) groups is 1. The molecule has 1 aliphatic rings. The summed E-state index contributed by atoms with van der Waals surface area (Å²) in [6, 6.07) is 1.77. The molecule has 1 amide bonds. The van der Waals surface area contributed by atoms with Gasteiger partial charge in [0.2, 0.25) is 0 Å². The molecule has 0 spiro atoms. The molecule has 26 heavy (non-hydrogen) atoms. The van der Waals surface area contributed by atoms with Crippen LogP contribution in [-0.2, 0) is 6.54 Å². The minimum Gasteiger partial charge on any atom is -0.360 e. The molecule has 0 aromatic carbocycles. The molecule has 142 valence electrons. The molecule has 0 unspecified atom stereocenters. The first kappa shape index (κ1) is 18.6. The maximum atomic E-state index is 12.8. The molecular formula is C19H29N5O2. The van der Waals surface area contributed by atoms with Crippen LogP contribution in [0.25, 0.3) is 0 Å². The molecule has 7 nitrogen and oxygen atoms in total. The van der Waals surface area contributed by atoms with Crippen molar-refractivity contribution in [2.75, 3.05) is 33.7 Å². The number of rotatable bonds is 6. The average Bonchev–Trinajstić information content (AvgIpc) is 3.29. The first-order chi connectivity index (χ1) is 12.5. The molecule has 2 aromatic heterocycles. The summed E-state index contributed by atoms with van der Waals surface area (Å²) in [5.74, 6) is 2.27. The van der Waals surface area contributed by atoms with Gasteiger partial charge in [-0.15, -0.1) is 0 Å². The number of imidazole rings is 1. The Morgan fingerprint density at radius 2 is 2.23 bits per heavy atom. The Balaban J connectivity index is 1.69. The van der Waals surface area contributed by atoms with Crippen molar-refractivity contribution in [3.05, 3.63) is 35.7 Å². The van der Waals surface area contributed by atoms with E-state index in [-0.39, 0.29) is 17.7 Å². The van der Waals surface area contributed by atoms with Gasteiger partial charge < -0.3 is 18.9 Å². The standard InChI is InChI=1S/C19H29N5O2/c1-14(2)17-12-16(21-26-17)19(25)24-8-5-6-15(13-24)18-20-7-9-23(18)11-10-22(3)4/h7,9,12,14-15H,5-6,8,10-11,13H2,1-4H3/t15-/m0/s1. The number of piperidine rings is 1. The SMILES string of the molecule is CC(C)c1cc(C(=O)N2CCC[C@H](c3nccn3CCN(C)C)C2)no1. The van der Waals surface area contributed by atoms with Crippen LogP contribution in [0.3, 0.4) is 0 Å². The van der Waals surface area contributed by atoms with Crippen LogP contribution in [0.4, 0.5) is 0 Å². The second-order valence-electron chi connectivity index (χ2n) is 7.64. The van der Waals surface area contributed by atoms with Gasteiger partial charge in [0.15, 0.2) is 5.69 Å². The van der Waals surface area contributed by atoms with Gasteiger partial charge in [-0.1, -0.05) is 19.0 Å². The van der Waals surface area contributed by atoms with Gasteiger partial charge in [-0.2, -0.15) is 0 Å². The van der Waals surface area contributed by atoms with Crippen LogP contribution >= 0.6 is 0 Å². The van der Waals surface area contributed by atoms with Crippen LogP contribution in [0.2, 0.25) is 0 Å². The van der Waals surface area contributed by atoms with E-state index in [0.717, 1.165) is 44.1 Å². The van der Waals surface area contributed by atoms with Crippen LogP contribution in [0.5, 0.6) is 0 Å². The van der Waals surface area contributed by atoms with Crippen LogP contribution in [-0.4, -0.2) is 64.1 Å². The number of likely N-dealkylation sites (N-methyl/N-ethyl adjacent to an activating group) is 1. The fourth-order valence-electron chi connectivity index (χ4n) is 3.37. The molecule has 7 heteroatoms. The average molecular weight is 359 g/mol. The first-order valence-electron chi connectivity index (χ1n) is 9.37. The lowest BCUT2D eigenvalue weighted by Crippen LogP contribution is -2.40. The van der Waals surface area contributed by atoms with Gasteiger partial charge in [-0.3, -0.25) is 4.79 Å². The number of likely N-dealkylation sites (tertiary alicyclic amines) is 1. The number of aromatic nitrogens is 3. The van der Waals surface area contributed by atoms with Gasteiger partial charge >= 0.3 is 0 Å². The first-order valence-corrected chi connectivity index (χ1v) is 9.37. The van der Waals surface area contributed by atoms with Crippen molar-refractivity contribution in [2.24, 2.45) is 0 Å². The molecule has 0 bridgehead atoms. The van der Waals surface area contributed by atoms with Gasteiger partial charge in [0, 0.05) is 56.5 Å². The van der Waals surface area contributed by atoms with Crippen molar-refractivity contribution in [1.82, 2.24) is 24.5 Å². The Morgan fingerprint density at radius 3 is 2.92 bits per heavy atom. The zero-order chi connectivity index (χ0) is 18.7. The minimum absolute atomic E-state index is 0.0447. The summed E-state index contributed by atoms with van der Waals surface area (Å²) < 4.78 is 7.51. The van der Waals surface area contributed by atoms with Crippen LogP contribution in [0.1, 0.15) is 60.6 Å². The summed E-state index contributed by atoms with van der Waals surface area (Å²) in [5, 5.41) is 3.97. The molecule has 0 aliphatic carbocycles. The minimum atomic E-state index is -0.0447. The summed E-state index contributed by atoms with van der Waals surface area (Å²) >= 11 is 0. The topological polar surface area (TPSA) is 67.4 Å². The molecule has 0 N–H and O–H groups in total. The Hall–Kier alpha value is -2.15. The van der Waals surface area contributed by atoms with E-state index in [0.29, 0.717) is 12.2 Å². The fraction of sp³-hybridized carbons (Fsp3) is 0.632. The maximum Gasteiger partial charge on any atom is 0.276 e. The number of hydrogen-bond donors (Lipinski definition) is 0. The van der Waals surface area contributed by atoms with Crippen molar-refractivity contribution in [3.63, 3.8) is 0 Å². The fourth-order valence-corrected chi connectivity index (χ4v) is 3.37. The van der Waals surface area contributed by atoms with Gasteiger partial charge in [-0.25, -0.2) is 4.98 Å². The van der Waals surface area contributed by atoms with Gasteiger partial charge in [0.25, 0.3) is 5.91 Å². The van der Waals surface area contributed by atoms with Crippen molar-refractivity contribution in [1.29, 1.82) is 0 Å². The largest absolute Gasteiger partial charge is 0.360 e. The number of amides is 1. The summed E-state index contributed by atoms with van der Waals surface area (Å²) in [7, 11) is 4.14.